The molecule has 0 aromatic heterocycles. The highest BCUT2D eigenvalue weighted by atomic mass is 35.5. The molecule has 98 valence electrons. The summed E-state index contributed by atoms with van der Waals surface area (Å²) in [7, 11) is 0. The molecule has 2 amide bonds. The standard InChI is InChI=1S/C11H19ClN2O3/c1-8(12)7-13-10(17)14(11(2,3)4)6-5-9(15)16/h1,5-7H2,2-4H3,(H,13,17)(H,15,16). The van der Waals surface area contributed by atoms with E-state index in [0.717, 1.165) is 0 Å². The van der Waals surface area contributed by atoms with Crippen molar-refractivity contribution >= 4 is 23.6 Å². The van der Waals surface area contributed by atoms with Crippen LogP contribution in [0.2, 0.25) is 0 Å². The van der Waals surface area contributed by atoms with Crippen molar-refractivity contribution in [1.29, 1.82) is 0 Å². The number of hydrogen-bond donors (Lipinski definition) is 2. The Hall–Kier alpha value is -1.23. The zero-order valence-electron chi connectivity index (χ0n) is 10.4. The molecule has 0 rings (SSSR count). The molecule has 0 saturated heterocycles. The third-order valence-corrected chi connectivity index (χ3v) is 2.17. The third kappa shape index (κ3) is 6.84. The number of rotatable bonds is 5. The number of aliphatic carboxylic acids is 1. The summed E-state index contributed by atoms with van der Waals surface area (Å²) < 4.78 is 0. The molecule has 0 atom stereocenters. The van der Waals surface area contributed by atoms with Crippen molar-refractivity contribution in [2.24, 2.45) is 0 Å². The van der Waals surface area contributed by atoms with Crippen LogP contribution in [0.25, 0.3) is 0 Å². The molecule has 0 aliphatic rings. The zero-order valence-corrected chi connectivity index (χ0v) is 11.2. The van der Waals surface area contributed by atoms with Crippen molar-refractivity contribution in [2.45, 2.75) is 32.7 Å². The summed E-state index contributed by atoms with van der Waals surface area (Å²) in [6.45, 7) is 9.29. The Morgan fingerprint density at radius 2 is 1.94 bits per heavy atom. The fourth-order valence-electron chi connectivity index (χ4n) is 1.22. The van der Waals surface area contributed by atoms with Gasteiger partial charge in [-0.3, -0.25) is 4.79 Å². The lowest BCUT2D eigenvalue weighted by molar-refractivity contribution is -0.137. The fraction of sp³-hybridized carbons (Fsp3) is 0.636. The lowest BCUT2D eigenvalue weighted by atomic mass is 10.1. The predicted molar refractivity (Wildman–Crippen MR) is 67.1 cm³/mol. The second-order valence-corrected chi connectivity index (χ2v) is 5.18. The van der Waals surface area contributed by atoms with E-state index in [1.165, 1.54) is 4.90 Å². The lowest BCUT2D eigenvalue weighted by Crippen LogP contribution is -2.51. The normalized spacial score (nSPS) is 10.8. The van der Waals surface area contributed by atoms with Gasteiger partial charge in [0.2, 0.25) is 0 Å². The maximum absolute atomic E-state index is 11.8. The van der Waals surface area contributed by atoms with Crippen molar-refractivity contribution < 1.29 is 14.7 Å². The Morgan fingerprint density at radius 3 is 2.29 bits per heavy atom. The number of carbonyl (C=O) groups is 2. The Morgan fingerprint density at radius 1 is 1.41 bits per heavy atom. The Balaban J connectivity index is 4.52. The molecule has 0 radical (unpaired) electrons. The monoisotopic (exact) mass is 262 g/mol. The average molecular weight is 263 g/mol. The van der Waals surface area contributed by atoms with Crippen LogP contribution in [-0.4, -0.2) is 40.6 Å². The van der Waals surface area contributed by atoms with Crippen LogP contribution in [0.5, 0.6) is 0 Å². The van der Waals surface area contributed by atoms with Crippen molar-refractivity contribution in [2.75, 3.05) is 13.1 Å². The number of hydrogen-bond acceptors (Lipinski definition) is 2. The van der Waals surface area contributed by atoms with Gasteiger partial charge in [0.15, 0.2) is 0 Å². The molecule has 0 bridgehead atoms. The quantitative estimate of drug-likeness (QED) is 0.796. The van der Waals surface area contributed by atoms with Crippen LogP contribution < -0.4 is 5.32 Å². The van der Waals surface area contributed by atoms with E-state index in [2.05, 4.69) is 11.9 Å². The van der Waals surface area contributed by atoms with E-state index in [1.807, 2.05) is 20.8 Å². The topological polar surface area (TPSA) is 69.6 Å². The van der Waals surface area contributed by atoms with E-state index in [9.17, 15) is 9.59 Å². The van der Waals surface area contributed by atoms with Gasteiger partial charge in [-0.15, -0.1) is 0 Å². The van der Waals surface area contributed by atoms with Gasteiger partial charge in [-0.25, -0.2) is 4.79 Å². The highest BCUT2D eigenvalue weighted by Gasteiger charge is 2.26. The number of urea groups is 1. The van der Waals surface area contributed by atoms with Crippen LogP contribution in [-0.2, 0) is 4.79 Å². The molecule has 2 N–H and O–H groups in total. The van der Waals surface area contributed by atoms with Gasteiger partial charge in [-0.2, -0.15) is 0 Å². The minimum atomic E-state index is -0.936. The molecule has 17 heavy (non-hydrogen) atoms. The maximum atomic E-state index is 11.8. The number of nitrogens with one attached hydrogen (secondary N) is 1. The summed E-state index contributed by atoms with van der Waals surface area (Å²) >= 11 is 5.55. The molecule has 0 spiro atoms. The minimum absolute atomic E-state index is 0.0908. The number of carboxylic acids is 1. The van der Waals surface area contributed by atoms with E-state index in [4.69, 9.17) is 16.7 Å². The molecule has 0 saturated carbocycles. The van der Waals surface area contributed by atoms with Crippen LogP contribution in [0.1, 0.15) is 27.2 Å². The molecule has 5 nitrogen and oxygen atoms in total. The largest absolute Gasteiger partial charge is 0.481 e. The van der Waals surface area contributed by atoms with Crippen LogP contribution in [0.4, 0.5) is 4.79 Å². The van der Waals surface area contributed by atoms with Crippen LogP contribution in [0.15, 0.2) is 11.6 Å². The van der Waals surface area contributed by atoms with Gasteiger partial charge in [0.1, 0.15) is 0 Å². The van der Waals surface area contributed by atoms with Gasteiger partial charge in [0, 0.05) is 17.1 Å². The molecule has 0 aliphatic heterocycles. The van der Waals surface area contributed by atoms with Crippen LogP contribution >= 0.6 is 11.6 Å². The summed E-state index contributed by atoms with van der Waals surface area (Å²) in [6, 6.07) is -0.347. The summed E-state index contributed by atoms with van der Waals surface area (Å²) in [5.74, 6) is -0.936. The van der Waals surface area contributed by atoms with Gasteiger partial charge in [0.05, 0.1) is 13.0 Å². The smallest absolute Gasteiger partial charge is 0.318 e. The second kappa shape index (κ2) is 6.49. The summed E-state index contributed by atoms with van der Waals surface area (Å²) in [5.41, 5.74) is -0.451. The molecule has 0 aromatic rings. The van der Waals surface area contributed by atoms with Crippen molar-refractivity contribution in [3.63, 3.8) is 0 Å². The molecule has 0 aliphatic carbocycles. The number of nitrogens with zero attached hydrogens (tertiary/aromatic N) is 1. The summed E-state index contributed by atoms with van der Waals surface area (Å²) in [6.07, 6.45) is -0.0908. The van der Waals surface area contributed by atoms with Crippen molar-refractivity contribution in [1.82, 2.24) is 10.2 Å². The lowest BCUT2D eigenvalue weighted by Gasteiger charge is -2.35. The van der Waals surface area contributed by atoms with Crippen LogP contribution in [0.3, 0.4) is 0 Å². The van der Waals surface area contributed by atoms with E-state index < -0.39 is 11.5 Å². The Bertz CT molecular complexity index is 310. The van der Waals surface area contributed by atoms with Crippen molar-refractivity contribution in [3.05, 3.63) is 11.6 Å². The average Bonchev–Trinajstić information content (AvgIpc) is 2.12. The third-order valence-electron chi connectivity index (χ3n) is 2.04. The summed E-state index contributed by atoms with van der Waals surface area (Å²) in [4.78, 5) is 23.8. The molecule has 0 fully saturated rings. The van der Waals surface area contributed by atoms with Gasteiger partial charge < -0.3 is 15.3 Å². The van der Waals surface area contributed by atoms with Gasteiger partial charge >= 0.3 is 12.0 Å². The number of amides is 2. The Labute approximate surface area is 106 Å². The molecule has 0 unspecified atom stereocenters. The highest BCUT2D eigenvalue weighted by molar-refractivity contribution is 6.29. The number of carbonyl (C=O) groups excluding carboxylic acids is 1. The first kappa shape index (κ1) is 15.8. The van der Waals surface area contributed by atoms with Gasteiger partial charge in [-0.05, 0) is 20.8 Å². The first-order valence-corrected chi connectivity index (χ1v) is 5.63. The minimum Gasteiger partial charge on any atom is -0.481 e. The van der Waals surface area contributed by atoms with Gasteiger partial charge in [-0.1, -0.05) is 18.2 Å². The second-order valence-electron chi connectivity index (χ2n) is 4.64. The SMILES string of the molecule is C=C(Cl)CNC(=O)N(CCC(=O)O)C(C)(C)C. The predicted octanol–water partition coefficient (Wildman–Crippen LogP) is 2.02. The maximum Gasteiger partial charge on any atom is 0.318 e. The fourth-order valence-corrected chi connectivity index (χ4v) is 1.28. The van der Waals surface area contributed by atoms with E-state index in [1.54, 1.807) is 0 Å². The van der Waals surface area contributed by atoms with Crippen molar-refractivity contribution in [3.8, 4) is 0 Å². The first-order valence-electron chi connectivity index (χ1n) is 5.25. The highest BCUT2D eigenvalue weighted by Crippen LogP contribution is 2.14. The summed E-state index contributed by atoms with van der Waals surface area (Å²) in [5, 5.41) is 11.5. The zero-order chi connectivity index (χ0) is 13.6. The molecular weight excluding hydrogens is 244 g/mol. The van der Waals surface area contributed by atoms with Crippen LogP contribution in [0, 0.1) is 0 Å². The molecule has 0 heterocycles. The van der Waals surface area contributed by atoms with E-state index in [0.29, 0.717) is 5.03 Å². The number of carboxylic acid groups (broad SMARTS) is 1. The number of halogens is 1. The van der Waals surface area contributed by atoms with E-state index >= 15 is 0 Å². The molecule has 6 heteroatoms. The molecular formula is C11H19ClN2O3. The van der Waals surface area contributed by atoms with Gasteiger partial charge in [0.25, 0.3) is 0 Å². The Kier molecular flexibility index (Phi) is 6.02. The molecule has 0 aromatic carbocycles. The first-order chi connectivity index (χ1) is 7.64. The van der Waals surface area contributed by atoms with E-state index in [-0.39, 0.29) is 25.5 Å².